The third-order valence-electron chi connectivity index (χ3n) is 9.27. The first kappa shape index (κ1) is 35.5. The fourth-order valence-corrected chi connectivity index (χ4v) is 8.34. The summed E-state index contributed by atoms with van der Waals surface area (Å²) >= 11 is 1.66. The average Bonchev–Trinajstić information content (AvgIpc) is 3.58. The highest BCUT2D eigenvalue weighted by Gasteiger charge is 2.49. The van der Waals surface area contributed by atoms with Crippen molar-refractivity contribution >= 4 is 35.8 Å². The number of alkyl carbamates (subject to hydrolysis) is 2. The van der Waals surface area contributed by atoms with Crippen molar-refractivity contribution in [1.29, 1.82) is 0 Å². The average molecular weight is 681 g/mol. The first-order chi connectivity index (χ1) is 22.7. The zero-order chi connectivity index (χ0) is 34.8. The lowest BCUT2D eigenvalue weighted by Crippen LogP contribution is -2.61. The SMILES string of the molecule is CC(C)[C@H](NC(=O)OC(C)(C)C)C(=O)N1CCC2(CC1)SCCN2C(=O)[C@@H](NC(=O)OCC1c2ccccc2-c2ccccc21)[C@@H](C)O. The van der Waals surface area contributed by atoms with Crippen LogP contribution in [0.25, 0.3) is 11.1 Å². The van der Waals surface area contributed by atoms with Crippen LogP contribution >= 0.6 is 11.8 Å². The Hall–Kier alpha value is -3.77. The minimum Gasteiger partial charge on any atom is -0.449 e. The molecule has 3 atom stereocenters. The van der Waals surface area contributed by atoms with Crippen LogP contribution in [0, 0.1) is 5.92 Å². The van der Waals surface area contributed by atoms with Crippen molar-refractivity contribution in [3.05, 3.63) is 59.7 Å². The van der Waals surface area contributed by atoms with E-state index >= 15 is 0 Å². The normalized spacial score (nSPS) is 18.9. The number of aliphatic hydroxyl groups excluding tert-OH is 1. The zero-order valence-corrected chi connectivity index (χ0v) is 29.5. The smallest absolute Gasteiger partial charge is 0.408 e. The van der Waals surface area contributed by atoms with E-state index in [2.05, 4.69) is 22.8 Å². The molecule has 2 fully saturated rings. The van der Waals surface area contributed by atoms with Gasteiger partial charge in [0.1, 0.15) is 24.3 Å². The van der Waals surface area contributed by atoms with E-state index in [1.54, 1.807) is 42.3 Å². The number of aliphatic hydroxyl groups is 1. The number of piperidine rings is 1. The van der Waals surface area contributed by atoms with E-state index in [-0.39, 0.29) is 30.3 Å². The predicted molar refractivity (Wildman–Crippen MR) is 184 cm³/mol. The second-order valence-electron chi connectivity index (χ2n) is 14.2. The number of thioether (sulfide) groups is 1. The Morgan fingerprint density at radius 1 is 0.875 bits per heavy atom. The molecule has 1 spiro atoms. The highest BCUT2D eigenvalue weighted by Crippen LogP contribution is 2.45. The molecule has 2 aromatic carbocycles. The van der Waals surface area contributed by atoms with E-state index < -0.39 is 40.8 Å². The number of carbonyl (C=O) groups is 4. The molecular weight excluding hydrogens is 632 g/mol. The van der Waals surface area contributed by atoms with E-state index in [1.807, 2.05) is 50.2 Å². The maximum Gasteiger partial charge on any atom is 0.408 e. The van der Waals surface area contributed by atoms with Gasteiger partial charge in [0.25, 0.3) is 0 Å². The van der Waals surface area contributed by atoms with Gasteiger partial charge in [0.05, 0.1) is 11.0 Å². The number of carbonyl (C=O) groups excluding carboxylic acids is 4. The van der Waals surface area contributed by atoms with Crippen LogP contribution in [-0.4, -0.2) is 99.6 Å². The van der Waals surface area contributed by atoms with Gasteiger partial charge in [0.15, 0.2) is 0 Å². The molecule has 0 saturated carbocycles. The van der Waals surface area contributed by atoms with Crippen LogP contribution in [0.5, 0.6) is 0 Å². The van der Waals surface area contributed by atoms with Crippen LogP contribution in [-0.2, 0) is 19.1 Å². The lowest BCUT2D eigenvalue weighted by atomic mass is 9.97. The number of likely N-dealkylation sites (tertiary alicyclic amines) is 1. The van der Waals surface area contributed by atoms with Crippen LogP contribution in [0.3, 0.4) is 0 Å². The summed E-state index contributed by atoms with van der Waals surface area (Å²) in [6.45, 7) is 11.9. The Morgan fingerprint density at radius 3 is 1.98 bits per heavy atom. The third kappa shape index (κ3) is 7.59. The monoisotopic (exact) mass is 680 g/mol. The molecule has 0 aromatic heterocycles. The molecule has 2 aromatic rings. The molecule has 5 rings (SSSR count). The Morgan fingerprint density at radius 2 is 1.44 bits per heavy atom. The molecule has 2 aliphatic heterocycles. The van der Waals surface area contributed by atoms with Crippen molar-refractivity contribution in [3.63, 3.8) is 0 Å². The predicted octanol–water partition coefficient (Wildman–Crippen LogP) is 4.72. The number of amides is 4. The summed E-state index contributed by atoms with van der Waals surface area (Å²) in [6.07, 6.45) is -1.53. The second-order valence-corrected chi connectivity index (χ2v) is 15.6. The number of nitrogens with zero attached hydrogens (tertiary/aromatic N) is 2. The van der Waals surface area contributed by atoms with Crippen molar-refractivity contribution in [2.24, 2.45) is 5.92 Å². The number of hydrogen-bond acceptors (Lipinski definition) is 8. The molecule has 1 aliphatic carbocycles. The van der Waals surface area contributed by atoms with Crippen LogP contribution in [0.1, 0.15) is 71.4 Å². The Kier molecular flexibility index (Phi) is 10.6. The molecule has 2 saturated heterocycles. The van der Waals surface area contributed by atoms with Gasteiger partial charge >= 0.3 is 12.2 Å². The second kappa shape index (κ2) is 14.4. The van der Waals surface area contributed by atoms with Crippen molar-refractivity contribution < 1.29 is 33.8 Å². The number of hydrogen-bond donors (Lipinski definition) is 3. The third-order valence-corrected chi connectivity index (χ3v) is 10.8. The van der Waals surface area contributed by atoms with E-state index in [1.165, 1.54) is 6.92 Å². The van der Waals surface area contributed by atoms with Gasteiger partial charge in [-0.15, -0.1) is 11.8 Å². The summed E-state index contributed by atoms with van der Waals surface area (Å²) < 4.78 is 11.1. The topological polar surface area (TPSA) is 138 Å². The molecular formula is C36H48N4O7S. The van der Waals surface area contributed by atoms with Crippen LogP contribution in [0.2, 0.25) is 0 Å². The molecule has 12 heteroatoms. The maximum absolute atomic E-state index is 14.0. The van der Waals surface area contributed by atoms with Gasteiger partial charge in [0, 0.05) is 31.3 Å². The van der Waals surface area contributed by atoms with Crippen LogP contribution in [0.4, 0.5) is 9.59 Å². The maximum atomic E-state index is 14.0. The Balaban J connectivity index is 1.20. The summed E-state index contributed by atoms with van der Waals surface area (Å²) in [4.78, 5) is 56.0. The van der Waals surface area contributed by atoms with Crippen molar-refractivity contribution in [3.8, 4) is 11.1 Å². The number of ether oxygens (including phenoxy) is 2. The summed E-state index contributed by atoms with van der Waals surface area (Å²) in [5, 5.41) is 16.1. The van der Waals surface area contributed by atoms with Gasteiger partial charge in [-0.1, -0.05) is 62.4 Å². The molecule has 3 aliphatic rings. The quantitative estimate of drug-likeness (QED) is 0.365. The first-order valence-corrected chi connectivity index (χ1v) is 17.7. The van der Waals surface area contributed by atoms with Gasteiger partial charge in [-0.2, -0.15) is 0 Å². The van der Waals surface area contributed by atoms with Gasteiger partial charge in [-0.3, -0.25) is 9.59 Å². The molecule has 2 heterocycles. The first-order valence-electron chi connectivity index (χ1n) is 16.7. The van der Waals surface area contributed by atoms with Crippen LogP contribution < -0.4 is 10.6 Å². The summed E-state index contributed by atoms with van der Waals surface area (Å²) in [5.74, 6) is -0.160. The van der Waals surface area contributed by atoms with Crippen LogP contribution in [0.15, 0.2) is 48.5 Å². The summed E-state index contributed by atoms with van der Waals surface area (Å²) in [7, 11) is 0. The molecule has 0 unspecified atom stereocenters. The van der Waals surface area contributed by atoms with Crippen molar-refractivity contribution in [2.45, 2.75) is 89.0 Å². The molecule has 3 N–H and O–H groups in total. The van der Waals surface area contributed by atoms with Crippen molar-refractivity contribution in [2.75, 3.05) is 32.0 Å². The summed E-state index contributed by atoms with van der Waals surface area (Å²) in [5.41, 5.74) is 3.70. The minimum absolute atomic E-state index is 0.0914. The molecule has 11 nitrogen and oxygen atoms in total. The lowest BCUT2D eigenvalue weighted by Gasteiger charge is -2.45. The number of fused-ring (bicyclic) bond motifs is 3. The zero-order valence-electron chi connectivity index (χ0n) is 28.7. The number of nitrogens with one attached hydrogen (secondary N) is 2. The Bertz CT molecular complexity index is 1470. The van der Waals surface area contributed by atoms with E-state index in [0.29, 0.717) is 38.2 Å². The highest BCUT2D eigenvalue weighted by molar-refractivity contribution is 8.00. The summed E-state index contributed by atoms with van der Waals surface area (Å²) in [6, 6.07) is 14.2. The number of benzene rings is 2. The van der Waals surface area contributed by atoms with E-state index in [9.17, 15) is 24.3 Å². The van der Waals surface area contributed by atoms with Crippen molar-refractivity contribution in [1.82, 2.24) is 20.4 Å². The minimum atomic E-state index is -1.20. The van der Waals surface area contributed by atoms with Gasteiger partial charge in [0.2, 0.25) is 11.8 Å². The number of rotatable bonds is 8. The molecule has 48 heavy (non-hydrogen) atoms. The fourth-order valence-electron chi connectivity index (χ4n) is 6.88. The molecule has 260 valence electrons. The highest BCUT2D eigenvalue weighted by atomic mass is 32.2. The van der Waals surface area contributed by atoms with E-state index in [4.69, 9.17) is 9.47 Å². The lowest BCUT2D eigenvalue weighted by molar-refractivity contribution is -0.141. The van der Waals surface area contributed by atoms with Gasteiger partial charge in [-0.05, 0) is 68.7 Å². The standard InChI is InChI=1S/C36H48N4O7S/c1-22(2)29(37-34(45)47-35(4,5)6)31(42)39-17-15-36(16-18-39)40(19-20-48-36)32(43)30(23(3)41)38-33(44)46-21-28-26-13-9-7-11-24(26)25-12-8-10-14-27(25)28/h7-14,22-23,28-30,41H,15-21H2,1-6H3,(H,37,45)(H,38,44)/t23-,29+,30+/m1/s1. The largest absolute Gasteiger partial charge is 0.449 e. The molecule has 0 bridgehead atoms. The van der Waals surface area contributed by atoms with E-state index in [0.717, 1.165) is 22.3 Å². The van der Waals surface area contributed by atoms with Gasteiger partial charge < -0.3 is 35.0 Å². The van der Waals surface area contributed by atoms with Gasteiger partial charge in [-0.25, -0.2) is 9.59 Å². The molecule has 4 amide bonds. The Labute approximate surface area is 287 Å². The molecule has 0 radical (unpaired) electrons. The fraction of sp³-hybridized carbons (Fsp3) is 0.556.